The summed E-state index contributed by atoms with van der Waals surface area (Å²) in [4.78, 5) is 4.86. The zero-order valence-electron chi connectivity index (χ0n) is 18.1. The van der Waals surface area contributed by atoms with Crippen LogP contribution in [-0.4, -0.2) is 44.1 Å². The third-order valence-corrected chi connectivity index (χ3v) is 7.99. The third-order valence-electron chi connectivity index (χ3n) is 5.38. The molecule has 1 unspecified atom stereocenters. The molecular formula is C23H26N4O3S2. The second-order valence-electron chi connectivity index (χ2n) is 7.82. The Morgan fingerprint density at radius 3 is 2.81 bits per heavy atom. The van der Waals surface area contributed by atoms with Crippen LogP contribution in [0.15, 0.2) is 63.9 Å². The number of ether oxygens (including phenoxy) is 1. The van der Waals surface area contributed by atoms with E-state index in [9.17, 15) is 8.42 Å². The molecule has 9 heteroatoms. The van der Waals surface area contributed by atoms with Crippen molar-refractivity contribution in [3.63, 3.8) is 0 Å². The number of hydrogen-bond acceptors (Lipinski definition) is 7. The lowest BCUT2D eigenvalue weighted by molar-refractivity contribution is 0.281. The van der Waals surface area contributed by atoms with Crippen molar-refractivity contribution in [3.05, 3.63) is 59.5 Å². The van der Waals surface area contributed by atoms with E-state index in [-0.39, 0.29) is 0 Å². The molecule has 0 saturated carbocycles. The first-order chi connectivity index (χ1) is 15.5. The van der Waals surface area contributed by atoms with Crippen molar-refractivity contribution >= 4 is 32.7 Å². The summed E-state index contributed by atoms with van der Waals surface area (Å²) in [5.74, 6) is 1.17. The fraction of sp³-hybridized carbons (Fsp3) is 0.304. The van der Waals surface area contributed by atoms with Gasteiger partial charge in [-0.1, -0.05) is 19.1 Å². The van der Waals surface area contributed by atoms with Gasteiger partial charge in [0.05, 0.1) is 23.9 Å². The molecular weight excluding hydrogens is 444 g/mol. The Bertz CT molecular complexity index is 1190. The molecule has 1 aliphatic rings. The molecule has 1 atom stereocenters. The predicted octanol–water partition coefficient (Wildman–Crippen LogP) is 4.69. The van der Waals surface area contributed by atoms with Crippen molar-refractivity contribution in [2.24, 2.45) is 11.0 Å². The molecule has 168 valence electrons. The number of sulfonamides is 1. The van der Waals surface area contributed by atoms with Gasteiger partial charge in [-0.15, -0.1) is 11.3 Å². The Morgan fingerprint density at radius 1 is 1.25 bits per heavy atom. The molecule has 2 aromatic carbocycles. The molecule has 1 N–H and O–H groups in total. The molecule has 0 aliphatic carbocycles. The highest BCUT2D eigenvalue weighted by Gasteiger charge is 2.28. The number of thiazole rings is 1. The van der Waals surface area contributed by atoms with Gasteiger partial charge in [0, 0.05) is 24.0 Å². The van der Waals surface area contributed by atoms with E-state index in [1.807, 2.05) is 35.7 Å². The number of anilines is 1. The Hall–Kier alpha value is -2.75. The lowest BCUT2D eigenvalue weighted by atomic mass is 10.0. The van der Waals surface area contributed by atoms with Gasteiger partial charge in [-0.2, -0.15) is 9.41 Å². The maximum Gasteiger partial charge on any atom is 0.243 e. The molecule has 0 spiro atoms. The van der Waals surface area contributed by atoms with E-state index < -0.39 is 10.0 Å². The van der Waals surface area contributed by atoms with Gasteiger partial charge in [0.1, 0.15) is 5.75 Å². The topological polar surface area (TPSA) is 83.9 Å². The molecule has 4 rings (SSSR count). The number of methoxy groups -OCH3 is 1. The second-order valence-corrected chi connectivity index (χ2v) is 10.6. The minimum absolute atomic E-state index is 0.309. The first-order valence-electron chi connectivity index (χ1n) is 10.4. The Kier molecular flexibility index (Phi) is 6.88. The first kappa shape index (κ1) is 22.4. The van der Waals surface area contributed by atoms with Crippen LogP contribution in [0.2, 0.25) is 0 Å². The fourth-order valence-electron chi connectivity index (χ4n) is 3.64. The van der Waals surface area contributed by atoms with Crippen LogP contribution in [0, 0.1) is 5.92 Å². The van der Waals surface area contributed by atoms with Gasteiger partial charge in [0.15, 0.2) is 0 Å². The predicted molar refractivity (Wildman–Crippen MR) is 129 cm³/mol. The minimum atomic E-state index is -3.51. The molecule has 0 bridgehead atoms. The Labute approximate surface area is 192 Å². The van der Waals surface area contributed by atoms with Crippen LogP contribution in [0.4, 0.5) is 5.13 Å². The molecule has 2 heterocycles. The number of nitrogens with zero attached hydrogens (tertiary/aromatic N) is 3. The summed E-state index contributed by atoms with van der Waals surface area (Å²) < 4.78 is 33.0. The molecule has 0 amide bonds. The number of benzene rings is 2. The SMILES string of the molecule is COc1ccc(C=NNc2nc(-c3cccc(S(=O)(=O)N4CCCC(C)C4)c3)cs2)cc1. The van der Waals surface area contributed by atoms with Crippen molar-refractivity contribution in [1.82, 2.24) is 9.29 Å². The van der Waals surface area contributed by atoms with E-state index >= 15 is 0 Å². The number of rotatable bonds is 7. The van der Waals surface area contributed by atoms with Crippen LogP contribution in [0.1, 0.15) is 25.3 Å². The molecule has 0 radical (unpaired) electrons. The number of nitrogens with one attached hydrogen (secondary N) is 1. The van der Waals surface area contributed by atoms with E-state index in [0.717, 1.165) is 29.7 Å². The van der Waals surface area contributed by atoms with E-state index in [1.165, 1.54) is 11.3 Å². The highest BCUT2D eigenvalue weighted by atomic mass is 32.2. The number of aromatic nitrogens is 1. The smallest absolute Gasteiger partial charge is 0.243 e. The van der Waals surface area contributed by atoms with Crippen molar-refractivity contribution in [3.8, 4) is 17.0 Å². The summed E-state index contributed by atoms with van der Waals surface area (Å²) in [6.45, 7) is 3.25. The Balaban J connectivity index is 1.46. The first-order valence-corrected chi connectivity index (χ1v) is 12.8. The average Bonchev–Trinajstić information content (AvgIpc) is 3.29. The number of hydrazone groups is 1. The van der Waals surface area contributed by atoms with Gasteiger partial charge in [-0.25, -0.2) is 13.4 Å². The maximum atomic E-state index is 13.1. The lowest BCUT2D eigenvalue weighted by Crippen LogP contribution is -2.39. The minimum Gasteiger partial charge on any atom is -0.497 e. The second kappa shape index (κ2) is 9.81. The lowest BCUT2D eigenvalue weighted by Gasteiger charge is -2.30. The highest BCUT2D eigenvalue weighted by Crippen LogP contribution is 2.29. The van der Waals surface area contributed by atoms with Crippen LogP contribution >= 0.6 is 11.3 Å². The Morgan fingerprint density at radius 2 is 2.06 bits per heavy atom. The van der Waals surface area contributed by atoms with Crippen LogP contribution < -0.4 is 10.2 Å². The molecule has 1 fully saturated rings. The van der Waals surface area contributed by atoms with Gasteiger partial charge in [0.25, 0.3) is 0 Å². The van der Waals surface area contributed by atoms with E-state index in [4.69, 9.17) is 4.74 Å². The third kappa shape index (κ3) is 5.17. The van der Waals surface area contributed by atoms with E-state index in [0.29, 0.717) is 34.7 Å². The summed E-state index contributed by atoms with van der Waals surface area (Å²) in [6.07, 6.45) is 3.67. The summed E-state index contributed by atoms with van der Waals surface area (Å²) in [7, 11) is -1.88. The summed E-state index contributed by atoms with van der Waals surface area (Å²) >= 11 is 1.41. The molecule has 1 aliphatic heterocycles. The molecule has 32 heavy (non-hydrogen) atoms. The molecule has 1 aromatic heterocycles. The standard InChI is InChI=1S/C23H26N4O3S2/c1-17-5-4-12-27(15-17)32(28,29)21-7-3-6-19(13-21)22-16-31-23(25-22)26-24-14-18-8-10-20(30-2)11-9-18/h3,6-11,13-14,16-17H,4-5,12,15H2,1-2H3,(H,25,26). The zero-order chi connectivity index (χ0) is 22.6. The number of hydrogen-bond donors (Lipinski definition) is 1. The van der Waals surface area contributed by atoms with Gasteiger partial charge in [-0.3, -0.25) is 5.43 Å². The van der Waals surface area contributed by atoms with Gasteiger partial charge in [0.2, 0.25) is 15.2 Å². The largest absolute Gasteiger partial charge is 0.497 e. The van der Waals surface area contributed by atoms with Crippen LogP contribution in [0.3, 0.4) is 0 Å². The maximum absolute atomic E-state index is 13.1. The van der Waals surface area contributed by atoms with Gasteiger partial charge >= 0.3 is 0 Å². The highest BCUT2D eigenvalue weighted by molar-refractivity contribution is 7.89. The van der Waals surface area contributed by atoms with Crippen LogP contribution in [0.5, 0.6) is 5.75 Å². The van der Waals surface area contributed by atoms with Crippen molar-refractivity contribution in [2.75, 3.05) is 25.6 Å². The average molecular weight is 471 g/mol. The van der Waals surface area contributed by atoms with E-state index in [2.05, 4.69) is 22.4 Å². The summed E-state index contributed by atoms with van der Waals surface area (Å²) in [5.41, 5.74) is 5.34. The van der Waals surface area contributed by atoms with Crippen LogP contribution in [0.25, 0.3) is 11.3 Å². The molecule has 7 nitrogen and oxygen atoms in total. The summed E-state index contributed by atoms with van der Waals surface area (Å²) in [5, 5.41) is 6.75. The molecule has 1 saturated heterocycles. The summed E-state index contributed by atoms with van der Waals surface area (Å²) in [6, 6.07) is 14.6. The normalized spacial score (nSPS) is 17.5. The van der Waals surface area contributed by atoms with Crippen molar-refractivity contribution in [1.29, 1.82) is 0 Å². The fourth-order valence-corrected chi connectivity index (χ4v) is 5.95. The molecule has 3 aromatic rings. The number of piperidine rings is 1. The quantitative estimate of drug-likeness (QED) is 0.400. The van der Waals surface area contributed by atoms with Crippen molar-refractivity contribution < 1.29 is 13.2 Å². The van der Waals surface area contributed by atoms with Crippen LogP contribution in [-0.2, 0) is 10.0 Å². The van der Waals surface area contributed by atoms with Gasteiger partial charge < -0.3 is 4.74 Å². The monoisotopic (exact) mass is 470 g/mol. The van der Waals surface area contributed by atoms with Gasteiger partial charge in [-0.05, 0) is 60.7 Å². The van der Waals surface area contributed by atoms with E-state index in [1.54, 1.807) is 35.8 Å². The zero-order valence-corrected chi connectivity index (χ0v) is 19.7. The van der Waals surface area contributed by atoms with Crippen molar-refractivity contribution in [2.45, 2.75) is 24.7 Å².